The first kappa shape index (κ1) is 13.9. The number of amides is 1. The van der Waals surface area contributed by atoms with Crippen LogP contribution in [0.2, 0.25) is 0 Å². The molecule has 0 aliphatic carbocycles. The number of hydrogen-bond donors (Lipinski definition) is 1. The van der Waals surface area contributed by atoms with Crippen LogP contribution in [0, 0.1) is 0 Å². The first-order chi connectivity index (χ1) is 9.11. The van der Waals surface area contributed by atoms with E-state index in [4.69, 9.17) is 4.74 Å². The standard InChI is InChI=1S/C13H22N4O2/c1-4-19-12-8-11(14-15-12)13(18)17(3)10-6-5-7-16(2)9-10/h8,10H,4-7,9H2,1-3H3,(H,14,15). The second-order valence-corrected chi connectivity index (χ2v) is 5.03. The summed E-state index contributed by atoms with van der Waals surface area (Å²) in [6.45, 7) is 4.47. The number of hydrogen-bond acceptors (Lipinski definition) is 4. The molecule has 1 saturated heterocycles. The Morgan fingerprint density at radius 3 is 3.16 bits per heavy atom. The van der Waals surface area contributed by atoms with E-state index < -0.39 is 0 Å². The third-order valence-corrected chi connectivity index (χ3v) is 3.54. The molecule has 1 unspecified atom stereocenters. The van der Waals surface area contributed by atoms with Crippen molar-refractivity contribution < 1.29 is 9.53 Å². The van der Waals surface area contributed by atoms with Gasteiger partial charge in [0.05, 0.1) is 6.61 Å². The lowest BCUT2D eigenvalue weighted by Gasteiger charge is -2.35. The minimum Gasteiger partial charge on any atom is -0.477 e. The second-order valence-electron chi connectivity index (χ2n) is 5.03. The predicted octanol–water partition coefficient (Wildman–Crippen LogP) is 0.975. The zero-order valence-electron chi connectivity index (χ0n) is 11.8. The summed E-state index contributed by atoms with van der Waals surface area (Å²) in [6.07, 6.45) is 2.19. The van der Waals surface area contributed by atoms with Gasteiger partial charge in [0.25, 0.3) is 5.91 Å². The molecule has 1 aromatic rings. The Hall–Kier alpha value is -1.56. The summed E-state index contributed by atoms with van der Waals surface area (Å²) in [5.74, 6) is 0.443. The van der Waals surface area contributed by atoms with Crippen molar-refractivity contribution in [3.05, 3.63) is 11.8 Å². The maximum absolute atomic E-state index is 12.3. The normalized spacial score (nSPS) is 20.3. The second kappa shape index (κ2) is 6.06. The van der Waals surface area contributed by atoms with Crippen molar-refractivity contribution in [2.75, 3.05) is 33.8 Å². The average Bonchev–Trinajstić information content (AvgIpc) is 2.86. The molecule has 1 aromatic heterocycles. The number of rotatable bonds is 4. The highest BCUT2D eigenvalue weighted by Crippen LogP contribution is 2.16. The average molecular weight is 266 g/mol. The zero-order valence-corrected chi connectivity index (χ0v) is 11.8. The SMILES string of the molecule is CCOc1cc(C(=O)N(C)C2CCCN(C)C2)[nH]n1. The highest BCUT2D eigenvalue weighted by Gasteiger charge is 2.26. The molecular formula is C13H22N4O2. The number of nitrogens with zero attached hydrogens (tertiary/aromatic N) is 3. The number of likely N-dealkylation sites (N-methyl/N-ethyl adjacent to an activating group) is 2. The van der Waals surface area contributed by atoms with E-state index in [1.165, 1.54) is 0 Å². The van der Waals surface area contributed by atoms with Crippen molar-refractivity contribution in [1.29, 1.82) is 0 Å². The van der Waals surface area contributed by atoms with Crippen LogP contribution in [0.25, 0.3) is 0 Å². The van der Waals surface area contributed by atoms with Crippen LogP contribution in [0.4, 0.5) is 0 Å². The zero-order chi connectivity index (χ0) is 13.8. The molecule has 1 fully saturated rings. The number of aromatic amines is 1. The number of ether oxygens (including phenoxy) is 1. The first-order valence-electron chi connectivity index (χ1n) is 6.75. The Labute approximate surface area is 113 Å². The van der Waals surface area contributed by atoms with E-state index in [-0.39, 0.29) is 11.9 Å². The fourth-order valence-corrected chi connectivity index (χ4v) is 2.45. The molecule has 6 heteroatoms. The molecule has 0 aromatic carbocycles. The van der Waals surface area contributed by atoms with Gasteiger partial charge in [0.15, 0.2) is 0 Å². The number of likely N-dealkylation sites (tertiary alicyclic amines) is 1. The van der Waals surface area contributed by atoms with E-state index in [0.717, 1.165) is 25.9 Å². The Bertz CT molecular complexity index is 432. The maximum Gasteiger partial charge on any atom is 0.272 e. The summed E-state index contributed by atoms with van der Waals surface area (Å²) in [4.78, 5) is 16.4. The minimum atomic E-state index is -0.0289. The molecule has 6 nitrogen and oxygen atoms in total. The number of H-pyrrole nitrogens is 1. The first-order valence-corrected chi connectivity index (χ1v) is 6.75. The van der Waals surface area contributed by atoms with E-state index in [1.807, 2.05) is 14.0 Å². The Morgan fingerprint density at radius 1 is 1.68 bits per heavy atom. The fourth-order valence-electron chi connectivity index (χ4n) is 2.45. The maximum atomic E-state index is 12.3. The molecule has 2 heterocycles. The molecule has 0 saturated carbocycles. The third-order valence-electron chi connectivity index (χ3n) is 3.54. The molecule has 106 valence electrons. The largest absolute Gasteiger partial charge is 0.477 e. The van der Waals surface area contributed by atoms with E-state index in [1.54, 1.807) is 11.0 Å². The molecule has 19 heavy (non-hydrogen) atoms. The topological polar surface area (TPSA) is 61.5 Å². The van der Waals surface area contributed by atoms with Crippen LogP contribution in [0.5, 0.6) is 5.88 Å². The van der Waals surface area contributed by atoms with Crippen LogP contribution >= 0.6 is 0 Å². The van der Waals surface area contributed by atoms with E-state index in [9.17, 15) is 4.79 Å². The van der Waals surface area contributed by atoms with Gasteiger partial charge >= 0.3 is 0 Å². The molecular weight excluding hydrogens is 244 g/mol. The van der Waals surface area contributed by atoms with Crippen LogP contribution in [-0.2, 0) is 0 Å². The number of aromatic nitrogens is 2. The summed E-state index contributed by atoms with van der Waals surface area (Å²) in [5, 5.41) is 6.71. The highest BCUT2D eigenvalue weighted by atomic mass is 16.5. The van der Waals surface area contributed by atoms with Crippen LogP contribution in [0.1, 0.15) is 30.3 Å². The Morgan fingerprint density at radius 2 is 2.47 bits per heavy atom. The van der Waals surface area contributed by atoms with Gasteiger partial charge < -0.3 is 14.5 Å². The number of carbonyl (C=O) groups is 1. The lowest BCUT2D eigenvalue weighted by molar-refractivity contribution is 0.0638. The molecule has 2 rings (SSSR count). The van der Waals surface area contributed by atoms with Crippen LogP contribution in [-0.4, -0.2) is 65.7 Å². The quantitative estimate of drug-likeness (QED) is 0.882. The summed E-state index contributed by atoms with van der Waals surface area (Å²) in [7, 11) is 3.95. The molecule has 1 atom stereocenters. The molecule has 0 spiro atoms. The van der Waals surface area contributed by atoms with E-state index >= 15 is 0 Å². The Kier molecular flexibility index (Phi) is 4.42. The van der Waals surface area contributed by atoms with Gasteiger partial charge in [0, 0.05) is 25.7 Å². The van der Waals surface area contributed by atoms with Crippen LogP contribution in [0.15, 0.2) is 6.07 Å². The smallest absolute Gasteiger partial charge is 0.272 e. The lowest BCUT2D eigenvalue weighted by atomic mass is 10.0. The van der Waals surface area contributed by atoms with Crippen molar-refractivity contribution in [3.8, 4) is 5.88 Å². The third kappa shape index (κ3) is 3.26. The number of carbonyl (C=O) groups excluding carboxylic acids is 1. The number of nitrogens with one attached hydrogen (secondary N) is 1. The summed E-state index contributed by atoms with van der Waals surface area (Å²) >= 11 is 0. The van der Waals surface area contributed by atoms with Crippen LogP contribution in [0.3, 0.4) is 0 Å². The summed E-state index contributed by atoms with van der Waals surface area (Å²) in [5.41, 5.74) is 0.485. The molecule has 1 N–H and O–H groups in total. The van der Waals surface area contributed by atoms with E-state index in [0.29, 0.717) is 18.2 Å². The lowest BCUT2D eigenvalue weighted by Crippen LogP contribution is -2.47. The van der Waals surface area contributed by atoms with Gasteiger partial charge in [-0.15, -0.1) is 5.10 Å². The Balaban J connectivity index is 2.01. The van der Waals surface area contributed by atoms with Gasteiger partial charge in [0.2, 0.25) is 5.88 Å². The molecule has 0 radical (unpaired) electrons. The van der Waals surface area contributed by atoms with Gasteiger partial charge in [0.1, 0.15) is 5.69 Å². The number of piperidine rings is 1. The van der Waals surface area contributed by atoms with Gasteiger partial charge in [-0.05, 0) is 33.4 Å². The molecule has 1 aliphatic rings. The fraction of sp³-hybridized carbons (Fsp3) is 0.692. The highest BCUT2D eigenvalue weighted by molar-refractivity contribution is 5.92. The van der Waals surface area contributed by atoms with Crippen molar-refractivity contribution in [3.63, 3.8) is 0 Å². The van der Waals surface area contributed by atoms with Gasteiger partial charge in [-0.3, -0.25) is 9.89 Å². The van der Waals surface area contributed by atoms with Gasteiger partial charge in [-0.1, -0.05) is 0 Å². The molecule has 1 amide bonds. The van der Waals surface area contributed by atoms with Gasteiger partial charge in [-0.2, -0.15) is 0 Å². The molecule has 1 aliphatic heterocycles. The predicted molar refractivity (Wildman–Crippen MR) is 72.4 cm³/mol. The summed E-state index contributed by atoms with van der Waals surface area (Å²) < 4.78 is 5.26. The van der Waals surface area contributed by atoms with Crippen molar-refractivity contribution in [2.45, 2.75) is 25.8 Å². The van der Waals surface area contributed by atoms with E-state index in [2.05, 4.69) is 22.1 Å². The van der Waals surface area contributed by atoms with Crippen molar-refractivity contribution >= 4 is 5.91 Å². The van der Waals surface area contributed by atoms with Crippen molar-refractivity contribution in [2.24, 2.45) is 0 Å². The monoisotopic (exact) mass is 266 g/mol. The van der Waals surface area contributed by atoms with Crippen LogP contribution < -0.4 is 4.74 Å². The molecule has 0 bridgehead atoms. The van der Waals surface area contributed by atoms with Crippen molar-refractivity contribution in [1.82, 2.24) is 20.0 Å². The van der Waals surface area contributed by atoms with Gasteiger partial charge in [-0.25, -0.2) is 0 Å². The summed E-state index contributed by atoms with van der Waals surface area (Å²) in [6, 6.07) is 1.93. The minimum absolute atomic E-state index is 0.0289.